The van der Waals surface area contributed by atoms with Gasteiger partial charge in [-0.1, -0.05) is 12.1 Å². The highest BCUT2D eigenvalue weighted by atomic mass is 16.5. The number of nitrogens with two attached hydrogens (primary N) is 1. The molecule has 3 rings (SSSR count). The Morgan fingerprint density at radius 2 is 1.88 bits per heavy atom. The number of aromatic nitrogens is 2. The van der Waals surface area contributed by atoms with Crippen LogP contribution in [0.4, 0.5) is 5.69 Å². The first-order chi connectivity index (χ1) is 12.6. The van der Waals surface area contributed by atoms with Gasteiger partial charge in [-0.3, -0.25) is 9.48 Å². The Morgan fingerprint density at radius 1 is 1.15 bits per heavy atom. The van der Waals surface area contributed by atoms with E-state index in [4.69, 9.17) is 10.5 Å². The molecule has 0 atom stereocenters. The van der Waals surface area contributed by atoms with Gasteiger partial charge in [0.25, 0.3) is 0 Å². The molecule has 1 heterocycles. The van der Waals surface area contributed by atoms with Gasteiger partial charge in [0.15, 0.2) is 5.75 Å². The summed E-state index contributed by atoms with van der Waals surface area (Å²) in [6, 6.07) is 17.2. The molecule has 0 spiro atoms. The molecule has 6 nitrogen and oxygen atoms in total. The number of benzene rings is 2. The van der Waals surface area contributed by atoms with E-state index in [1.54, 1.807) is 12.1 Å². The van der Waals surface area contributed by atoms with E-state index in [-0.39, 0.29) is 12.5 Å². The van der Waals surface area contributed by atoms with Crippen LogP contribution in [0.1, 0.15) is 19.9 Å². The van der Waals surface area contributed by atoms with Crippen molar-refractivity contribution >= 4 is 11.6 Å². The SMILES string of the molecule is CC(C)n1ccc(-c2ccc(Oc3ccccc3NC(=O)CN)cc2)n1. The molecule has 3 aromatic rings. The van der Waals surface area contributed by atoms with Gasteiger partial charge in [0, 0.05) is 17.8 Å². The zero-order chi connectivity index (χ0) is 18.5. The number of carbonyl (C=O) groups excluding carboxylic acids is 1. The van der Waals surface area contributed by atoms with Gasteiger partial charge in [-0.15, -0.1) is 0 Å². The number of carbonyl (C=O) groups is 1. The summed E-state index contributed by atoms with van der Waals surface area (Å²) < 4.78 is 7.83. The van der Waals surface area contributed by atoms with Gasteiger partial charge < -0.3 is 15.8 Å². The molecule has 0 aliphatic rings. The Morgan fingerprint density at radius 3 is 2.54 bits per heavy atom. The average molecular weight is 350 g/mol. The Balaban J connectivity index is 1.76. The van der Waals surface area contributed by atoms with Crippen LogP contribution in [0.3, 0.4) is 0 Å². The maximum Gasteiger partial charge on any atom is 0.238 e. The monoisotopic (exact) mass is 350 g/mol. The summed E-state index contributed by atoms with van der Waals surface area (Å²) in [5, 5.41) is 7.30. The third kappa shape index (κ3) is 4.10. The maximum atomic E-state index is 11.5. The summed E-state index contributed by atoms with van der Waals surface area (Å²) in [5.41, 5.74) is 7.87. The summed E-state index contributed by atoms with van der Waals surface area (Å²) in [4.78, 5) is 11.5. The molecule has 1 aromatic heterocycles. The first-order valence-corrected chi connectivity index (χ1v) is 8.49. The molecule has 6 heteroatoms. The summed E-state index contributed by atoms with van der Waals surface area (Å²) in [6.07, 6.45) is 1.97. The van der Waals surface area contributed by atoms with Crippen molar-refractivity contribution in [3.63, 3.8) is 0 Å². The van der Waals surface area contributed by atoms with Crippen LogP contribution in [0.2, 0.25) is 0 Å². The fourth-order valence-electron chi connectivity index (χ4n) is 2.46. The topological polar surface area (TPSA) is 82.2 Å². The molecule has 0 aliphatic carbocycles. The van der Waals surface area contributed by atoms with Gasteiger partial charge in [-0.25, -0.2) is 0 Å². The molecule has 3 N–H and O–H groups in total. The Bertz CT molecular complexity index is 885. The van der Waals surface area contributed by atoms with Crippen molar-refractivity contribution in [2.45, 2.75) is 19.9 Å². The molecule has 2 aromatic carbocycles. The second-order valence-electron chi connectivity index (χ2n) is 6.15. The molecule has 0 unspecified atom stereocenters. The zero-order valence-electron chi connectivity index (χ0n) is 14.8. The average Bonchev–Trinajstić information content (AvgIpc) is 3.14. The Kier molecular flexibility index (Phi) is 5.34. The number of nitrogens with one attached hydrogen (secondary N) is 1. The third-order valence-electron chi connectivity index (χ3n) is 3.86. The van der Waals surface area contributed by atoms with Crippen LogP contribution in [0, 0.1) is 0 Å². The first-order valence-electron chi connectivity index (χ1n) is 8.49. The van der Waals surface area contributed by atoms with Crippen LogP contribution in [0.25, 0.3) is 11.3 Å². The lowest BCUT2D eigenvalue weighted by Crippen LogP contribution is -2.22. The highest BCUT2D eigenvalue weighted by Crippen LogP contribution is 2.30. The van der Waals surface area contributed by atoms with E-state index < -0.39 is 0 Å². The van der Waals surface area contributed by atoms with E-state index in [9.17, 15) is 4.79 Å². The number of para-hydroxylation sites is 2. The van der Waals surface area contributed by atoms with Gasteiger partial charge in [-0.05, 0) is 56.3 Å². The second kappa shape index (κ2) is 7.84. The van der Waals surface area contributed by atoms with E-state index in [1.807, 2.05) is 53.3 Å². The predicted octanol–water partition coefficient (Wildman–Crippen LogP) is 3.82. The molecule has 0 saturated carbocycles. The molecule has 134 valence electrons. The van der Waals surface area contributed by atoms with Crippen LogP contribution in [-0.4, -0.2) is 22.2 Å². The van der Waals surface area contributed by atoms with E-state index in [1.165, 1.54) is 0 Å². The van der Waals surface area contributed by atoms with Crippen molar-refractivity contribution in [1.82, 2.24) is 9.78 Å². The fourth-order valence-corrected chi connectivity index (χ4v) is 2.46. The summed E-state index contributed by atoms with van der Waals surface area (Å²) >= 11 is 0. The molecular weight excluding hydrogens is 328 g/mol. The summed E-state index contributed by atoms with van der Waals surface area (Å²) in [6.45, 7) is 4.11. The number of rotatable bonds is 6. The lowest BCUT2D eigenvalue weighted by atomic mass is 10.1. The van der Waals surface area contributed by atoms with E-state index in [2.05, 4.69) is 24.3 Å². The van der Waals surface area contributed by atoms with Crippen molar-refractivity contribution in [2.24, 2.45) is 5.73 Å². The molecule has 0 aliphatic heterocycles. The van der Waals surface area contributed by atoms with Crippen molar-refractivity contribution in [1.29, 1.82) is 0 Å². The lowest BCUT2D eigenvalue weighted by Gasteiger charge is -2.12. The maximum absolute atomic E-state index is 11.5. The normalized spacial score (nSPS) is 10.8. The number of nitrogens with zero attached hydrogens (tertiary/aromatic N) is 2. The van der Waals surface area contributed by atoms with E-state index in [0.29, 0.717) is 23.2 Å². The second-order valence-corrected chi connectivity index (χ2v) is 6.15. The van der Waals surface area contributed by atoms with E-state index in [0.717, 1.165) is 11.3 Å². The third-order valence-corrected chi connectivity index (χ3v) is 3.86. The van der Waals surface area contributed by atoms with Crippen LogP contribution in [0.15, 0.2) is 60.8 Å². The number of amides is 1. The van der Waals surface area contributed by atoms with Crippen LogP contribution in [0.5, 0.6) is 11.5 Å². The van der Waals surface area contributed by atoms with Gasteiger partial charge >= 0.3 is 0 Å². The molecule has 0 bridgehead atoms. The number of ether oxygens (including phenoxy) is 1. The van der Waals surface area contributed by atoms with Crippen molar-refractivity contribution in [2.75, 3.05) is 11.9 Å². The highest BCUT2D eigenvalue weighted by Gasteiger charge is 2.08. The van der Waals surface area contributed by atoms with Crippen molar-refractivity contribution in [3.05, 3.63) is 60.8 Å². The molecule has 26 heavy (non-hydrogen) atoms. The zero-order valence-corrected chi connectivity index (χ0v) is 14.8. The van der Waals surface area contributed by atoms with Crippen LogP contribution >= 0.6 is 0 Å². The van der Waals surface area contributed by atoms with Gasteiger partial charge in [-0.2, -0.15) is 5.10 Å². The van der Waals surface area contributed by atoms with Crippen molar-refractivity contribution in [3.8, 4) is 22.8 Å². The number of anilines is 1. The molecule has 0 fully saturated rings. The van der Waals surface area contributed by atoms with Crippen molar-refractivity contribution < 1.29 is 9.53 Å². The standard InChI is InChI=1S/C20H22N4O2/c1-14(2)24-12-11-17(23-24)15-7-9-16(10-8-15)26-19-6-4-3-5-18(19)22-20(25)13-21/h3-12,14H,13,21H2,1-2H3,(H,22,25). The van der Waals surface area contributed by atoms with Gasteiger partial charge in [0.1, 0.15) is 5.75 Å². The minimum Gasteiger partial charge on any atom is -0.455 e. The lowest BCUT2D eigenvalue weighted by molar-refractivity contribution is -0.114. The smallest absolute Gasteiger partial charge is 0.238 e. The Labute approximate surface area is 152 Å². The minimum atomic E-state index is -0.267. The number of hydrogen-bond acceptors (Lipinski definition) is 4. The largest absolute Gasteiger partial charge is 0.455 e. The predicted molar refractivity (Wildman–Crippen MR) is 102 cm³/mol. The molecule has 0 saturated heterocycles. The van der Waals surface area contributed by atoms with Crippen LogP contribution < -0.4 is 15.8 Å². The van der Waals surface area contributed by atoms with Gasteiger partial charge in [0.05, 0.1) is 17.9 Å². The number of hydrogen-bond donors (Lipinski definition) is 2. The van der Waals surface area contributed by atoms with Crippen LogP contribution in [-0.2, 0) is 4.79 Å². The summed E-state index contributed by atoms with van der Waals surface area (Å²) in [7, 11) is 0. The summed E-state index contributed by atoms with van der Waals surface area (Å²) in [5.74, 6) is 0.967. The highest BCUT2D eigenvalue weighted by molar-refractivity contribution is 5.93. The fraction of sp³-hybridized carbons (Fsp3) is 0.200. The minimum absolute atomic E-state index is 0.0773. The van der Waals surface area contributed by atoms with E-state index >= 15 is 0 Å². The Hall–Kier alpha value is -3.12. The first kappa shape index (κ1) is 17.7. The molecule has 1 amide bonds. The quantitative estimate of drug-likeness (QED) is 0.708. The molecular formula is C20H22N4O2. The van der Waals surface area contributed by atoms with Gasteiger partial charge in [0.2, 0.25) is 5.91 Å². The molecule has 0 radical (unpaired) electrons.